The molecule has 0 aliphatic rings. The van der Waals surface area contributed by atoms with Gasteiger partial charge in [-0.15, -0.1) is 0 Å². The Bertz CT molecular complexity index is 519. The second-order valence-electron chi connectivity index (χ2n) is 3.76. The summed E-state index contributed by atoms with van der Waals surface area (Å²) in [6.45, 7) is 0.636. The van der Waals surface area contributed by atoms with Crippen molar-refractivity contribution in [2.75, 3.05) is 7.05 Å². The Morgan fingerprint density at radius 2 is 2.00 bits per heavy atom. The molecule has 2 aromatic rings. The molecule has 1 aromatic carbocycles. The van der Waals surface area contributed by atoms with Gasteiger partial charge in [-0.1, -0.05) is 11.6 Å². The van der Waals surface area contributed by atoms with E-state index >= 15 is 0 Å². The van der Waals surface area contributed by atoms with Crippen molar-refractivity contribution in [1.29, 1.82) is 0 Å². The highest BCUT2D eigenvalue weighted by Gasteiger charge is 2.13. The summed E-state index contributed by atoms with van der Waals surface area (Å²) < 4.78 is 14.7. The molecule has 0 aliphatic heterocycles. The maximum atomic E-state index is 12.8. The molecule has 3 nitrogen and oxygen atoms in total. The summed E-state index contributed by atoms with van der Waals surface area (Å²) in [5.41, 5.74) is 1.49. The summed E-state index contributed by atoms with van der Waals surface area (Å²) in [6, 6.07) is 6.15. The van der Waals surface area contributed by atoms with Crippen LogP contribution in [0.1, 0.15) is 5.82 Å². The van der Waals surface area contributed by atoms with Crippen LogP contribution < -0.4 is 5.32 Å². The molecule has 0 bridgehead atoms. The zero-order valence-corrected chi connectivity index (χ0v) is 10.4. The lowest BCUT2D eigenvalue weighted by Crippen LogP contribution is -2.10. The summed E-state index contributed by atoms with van der Waals surface area (Å²) in [5.74, 6) is 0.577. The normalized spacial score (nSPS) is 10.8. The predicted molar refractivity (Wildman–Crippen MR) is 66.4 cm³/mol. The van der Waals surface area contributed by atoms with Gasteiger partial charge in [-0.3, -0.25) is 0 Å². The number of rotatable bonds is 3. The average Bonchev–Trinajstić information content (AvgIpc) is 2.59. The molecule has 0 saturated carbocycles. The molecule has 0 radical (unpaired) electrons. The van der Waals surface area contributed by atoms with Crippen LogP contribution in [0.15, 0.2) is 24.3 Å². The van der Waals surface area contributed by atoms with Gasteiger partial charge in [0, 0.05) is 12.6 Å². The van der Waals surface area contributed by atoms with Gasteiger partial charge in [-0.2, -0.15) is 0 Å². The number of halogens is 2. The van der Waals surface area contributed by atoms with Crippen LogP contribution in [-0.2, 0) is 13.6 Å². The average molecular weight is 254 g/mol. The van der Waals surface area contributed by atoms with Gasteiger partial charge < -0.3 is 9.88 Å². The highest BCUT2D eigenvalue weighted by Crippen LogP contribution is 2.27. The number of nitrogens with one attached hydrogen (secondary N) is 1. The van der Waals surface area contributed by atoms with Gasteiger partial charge in [0.15, 0.2) is 0 Å². The zero-order chi connectivity index (χ0) is 12.4. The Hall–Kier alpha value is -1.39. The van der Waals surface area contributed by atoms with Crippen LogP contribution in [0, 0.1) is 5.82 Å². The molecule has 0 amide bonds. The van der Waals surface area contributed by atoms with Crippen LogP contribution in [0.25, 0.3) is 11.3 Å². The Balaban J connectivity index is 2.45. The van der Waals surface area contributed by atoms with E-state index in [0.717, 1.165) is 11.4 Å². The van der Waals surface area contributed by atoms with Gasteiger partial charge in [-0.25, -0.2) is 9.37 Å². The van der Waals surface area contributed by atoms with Crippen molar-refractivity contribution in [3.63, 3.8) is 0 Å². The molecule has 90 valence electrons. The first-order chi connectivity index (χ1) is 8.13. The minimum atomic E-state index is -0.267. The van der Waals surface area contributed by atoms with Gasteiger partial charge in [0.1, 0.15) is 22.5 Å². The van der Waals surface area contributed by atoms with Crippen molar-refractivity contribution in [3.05, 3.63) is 41.1 Å². The van der Waals surface area contributed by atoms with Gasteiger partial charge in [0.2, 0.25) is 0 Å². The Labute approximate surface area is 104 Å². The first-order valence-electron chi connectivity index (χ1n) is 5.25. The molecule has 1 heterocycles. The van der Waals surface area contributed by atoms with Gasteiger partial charge in [-0.05, 0) is 31.3 Å². The maximum Gasteiger partial charge on any atom is 0.136 e. The van der Waals surface area contributed by atoms with Crippen LogP contribution in [0.4, 0.5) is 4.39 Å². The van der Waals surface area contributed by atoms with Gasteiger partial charge in [0.05, 0.1) is 6.54 Å². The fourth-order valence-electron chi connectivity index (χ4n) is 1.63. The van der Waals surface area contributed by atoms with Crippen molar-refractivity contribution < 1.29 is 4.39 Å². The predicted octanol–water partition coefficient (Wildman–Crippen LogP) is 2.60. The van der Waals surface area contributed by atoms with E-state index in [2.05, 4.69) is 10.3 Å². The summed E-state index contributed by atoms with van der Waals surface area (Å²) in [7, 11) is 3.70. The zero-order valence-electron chi connectivity index (χ0n) is 9.67. The van der Waals surface area contributed by atoms with E-state index in [1.165, 1.54) is 12.1 Å². The lowest BCUT2D eigenvalue weighted by molar-refractivity contribution is 0.628. The van der Waals surface area contributed by atoms with Crippen LogP contribution in [0.2, 0.25) is 5.15 Å². The number of benzene rings is 1. The molecule has 0 aliphatic carbocycles. The van der Waals surface area contributed by atoms with E-state index in [9.17, 15) is 4.39 Å². The second kappa shape index (κ2) is 4.85. The second-order valence-corrected chi connectivity index (χ2v) is 4.12. The third kappa shape index (κ3) is 2.33. The lowest BCUT2D eigenvalue weighted by atomic mass is 10.2. The molecule has 1 N–H and O–H groups in total. The van der Waals surface area contributed by atoms with E-state index in [0.29, 0.717) is 17.4 Å². The minimum absolute atomic E-state index is 0.267. The topological polar surface area (TPSA) is 29.9 Å². The number of nitrogens with zero attached hydrogens (tertiary/aromatic N) is 2. The lowest BCUT2D eigenvalue weighted by Gasteiger charge is -1.99. The van der Waals surface area contributed by atoms with E-state index < -0.39 is 0 Å². The van der Waals surface area contributed by atoms with Crippen molar-refractivity contribution >= 4 is 11.6 Å². The standard InChI is InChI=1S/C12H13ClFN3/c1-15-7-10-16-11(12(13)17(10)2)8-3-5-9(14)6-4-8/h3-6,15H,7H2,1-2H3. The number of aromatic nitrogens is 2. The fraction of sp³-hybridized carbons (Fsp3) is 0.250. The number of hydrogen-bond donors (Lipinski definition) is 1. The first-order valence-corrected chi connectivity index (χ1v) is 5.63. The van der Waals surface area contributed by atoms with Crippen molar-refractivity contribution in [1.82, 2.24) is 14.9 Å². The third-order valence-electron chi connectivity index (χ3n) is 2.57. The largest absolute Gasteiger partial charge is 0.321 e. The molecule has 0 fully saturated rings. The van der Waals surface area contributed by atoms with E-state index in [4.69, 9.17) is 11.6 Å². The summed E-state index contributed by atoms with van der Waals surface area (Å²) >= 11 is 6.20. The van der Waals surface area contributed by atoms with Crippen LogP contribution in [0.3, 0.4) is 0 Å². The summed E-state index contributed by atoms with van der Waals surface area (Å²) in [6.07, 6.45) is 0. The quantitative estimate of drug-likeness (QED) is 0.911. The molecule has 5 heteroatoms. The fourth-order valence-corrected chi connectivity index (χ4v) is 1.88. The Kier molecular flexibility index (Phi) is 3.45. The molecule has 2 rings (SSSR count). The highest BCUT2D eigenvalue weighted by atomic mass is 35.5. The Morgan fingerprint density at radius 3 is 2.59 bits per heavy atom. The number of imidazole rings is 1. The molecule has 1 aromatic heterocycles. The maximum absolute atomic E-state index is 12.8. The molecular weight excluding hydrogens is 241 g/mol. The molecule has 0 unspecified atom stereocenters. The van der Waals surface area contributed by atoms with Gasteiger partial charge >= 0.3 is 0 Å². The Morgan fingerprint density at radius 1 is 1.35 bits per heavy atom. The van der Waals surface area contributed by atoms with Crippen molar-refractivity contribution in [3.8, 4) is 11.3 Å². The van der Waals surface area contributed by atoms with Crippen LogP contribution in [-0.4, -0.2) is 16.6 Å². The van der Waals surface area contributed by atoms with Crippen molar-refractivity contribution in [2.45, 2.75) is 6.54 Å². The number of hydrogen-bond acceptors (Lipinski definition) is 2. The van der Waals surface area contributed by atoms with E-state index in [-0.39, 0.29) is 5.82 Å². The SMILES string of the molecule is CNCc1nc(-c2ccc(F)cc2)c(Cl)n1C. The third-order valence-corrected chi connectivity index (χ3v) is 3.00. The first kappa shape index (κ1) is 12.1. The molecule has 0 spiro atoms. The van der Waals surface area contributed by atoms with Gasteiger partial charge in [0.25, 0.3) is 0 Å². The molecular formula is C12H13ClFN3. The molecule has 17 heavy (non-hydrogen) atoms. The minimum Gasteiger partial charge on any atom is -0.321 e. The van der Waals surface area contributed by atoms with E-state index in [1.54, 1.807) is 12.1 Å². The molecule has 0 atom stereocenters. The van der Waals surface area contributed by atoms with Crippen LogP contribution in [0.5, 0.6) is 0 Å². The monoisotopic (exact) mass is 253 g/mol. The highest BCUT2D eigenvalue weighted by molar-refractivity contribution is 6.32. The van der Waals surface area contributed by atoms with Crippen LogP contribution >= 0.6 is 11.6 Å². The van der Waals surface area contributed by atoms with Crippen molar-refractivity contribution in [2.24, 2.45) is 7.05 Å². The smallest absolute Gasteiger partial charge is 0.136 e. The summed E-state index contributed by atoms with van der Waals surface area (Å²) in [4.78, 5) is 4.45. The summed E-state index contributed by atoms with van der Waals surface area (Å²) in [5, 5.41) is 3.58. The van der Waals surface area contributed by atoms with E-state index in [1.807, 2.05) is 18.7 Å². The molecule has 0 saturated heterocycles.